The third-order valence-electron chi connectivity index (χ3n) is 14.7. The maximum Gasteiger partial charge on any atom is 0.293 e. The monoisotopic (exact) mass is 664 g/mol. The van der Waals surface area contributed by atoms with Gasteiger partial charge in [-0.2, -0.15) is 0 Å². The normalized spacial score (nSPS) is 38.5. The van der Waals surface area contributed by atoms with E-state index in [1.165, 1.54) is 30.5 Å². The fourth-order valence-electron chi connectivity index (χ4n) is 12.5. The SMILES string of the molecule is CC(C)C1=C2C3CCC4C(C)(CCC5C(C)C(OC=O)CCC54C)C3CCC2(C(O)CN(CCN(C)C)Cc2ccc(F)cc2)CC1=O. The number of aliphatic hydroxyl groups excluding tert-OH is 1. The number of hydrogen-bond acceptors (Lipinski definition) is 6. The number of halogens is 1. The van der Waals surface area contributed by atoms with Gasteiger partial charge in [-0.25, -0.2) is 4.39 Å². The standard InChI is InChI=1S/C41H61FN2O4/c1-26(2)37-33(46)22-41(36(47)24-44(21-20-43(6)7)23-28-8-10-29(42)11-9-28)19-15-32-30(38(37)41)12-13-35-39(4)18-16-34(48-25-45)27(3)31(39)14-17-40(32,35)5/h8-11,25-27,30-32,34-36,47H,12-24H2,1-7H3. The zero-order valence-corrected chi connectivity index (χ0v) is 30.6. The minimum Gasteiger partial charge on any atom is -0.464 e. The predicted octanol–water partition coefficient (Wildman–Crippen LogP) is 7.29. The second-order valence-electron chi connectivity index (χ2n) is 17.6. The smallest absolute Gasteiger partial charge is 0.293 e. The number of carbonyl (C=O) groups excluding carboxylic acids is 2. The third-order valence-corrected chi connectivity index (χ3v) is 14.7. The number of hydrogen-bond donors (Lipinski definition) is 1. The van der Waals surface area contributed by atoms with Crippen molar-refractivity contribution in [2.45, 2.75) is 111 Å². The van der Waals surface area contributed by atoms with Gasteiger partial charge in [-0.3, -0.25) is 14.5 Å². The number of likely N-dealkylation sites (N-methyl/N-ethyl adjacent to an activating group) is 1. The average Bonchev–Trinajstić information content (AvgIpc) is 3.36. The summed E-state index contributed by atoms with van der Waals surface area (Å²) in [7, 11) is 4.13. The lowest BCUT2D eigenvalue weighted by Gasteiger charge is -2.67. The number of ketones is 1. The van der Waals surface area contributed by atoms with Gasteiger partial charge in [-0.05, 0) is 135 Å². The Morgan fingerprint density at radius 1 is 0.979 bits per heavy atom. The molecule has 0 aliphatic heterocycles. The summed E-state index contributed by atoms with van der Waals surface area (Å²) in [5.74, 6) is 2.53. The molecule has 0 aromatic heterocycles. The maximum atomic E-state index is 14.1. The van der Waals surface area contributed by atoms with Crippen LogP contribution in [-0.2, 0) is 20.9 Å². The number of ether oxygens (including phenoxy) is 1. The van der Waals surface area contributed by atoms with E-state index in [0.29, 0.717) is 55.6 Å². The van der Waals surface area contributed by atoms with Crippen molar-refractivity contribution >= 4 is 12.3 Å². The topological polar surface area (TPSA) is 70.1 Å². The van der Waals surface area contributed by atoms with Crippen molar-refractivity contribution in [2.75, 3.05) is 33.7 Å². The van der Waals surface area contributed by atoms with Gasteiger partial charge in [0, 0.05) is 38.0 Å². The summed E-state index contributed by atoms with van der Waals surface area (Å²) < 4.78 is 19.3. The third kappa shape index (κ3) is 6.02. The maximum absolute atomic E-state index is 14.1. The summed E-state index contributed by atoms with van der Waals surface area (Å²) in [6.07, 6.45) is 8.37. The zero-order valence-electron chi connectivity index (χ0n) is 30.6. The number of rotatable bonds is 11. The summed E-state index contributed by atoms with van der Waals surface area (Å²) in [6.45, 7) is 15.2. The van der Waals surface area contributed by atoms with Gasteiger partial charge in [0.2, 0.25) is 0 Å². The van der Waals surface area contributed by atoms with Crippen molar-refractivity contribution in [1.82, 2.24) is 9.80 Å². The van der Waals surface area contributed by atoms with Crippen LogP contribution in [0, 0.1) is 57.6 Å². The van der Waals surface area contributed by atoms with Gasteiger partial charge >= 0.3 is 0 Å². The van der Waals surface area contributed by atoms with E-state index in [0.717, 1.165) is 62.8 Å². The van der Waals surface area contributed by atoms with Crippen molar-refractivity contribution in [2.24, 2.45) is 51.8 Å². The predicted molar refractivity (Wildman–Crippen MR) is 187 cm³/mol. The van der Waals surface area contributed by atoms with Gasteiger partial charge in [0.15, 0.2) is 5.78 Å². The molecule has 1 aromatic rings. The minimum absolute atomic E-state index is 0.0293. The largest absolute Gasteiger partial charge is 0.464 e. The van der Waals surface area contributed by atoms with Crippen LogP contribution >= 0.6 is 0 Å². The van der Waals surface area contributed by atoms with Gasteiger partial charge in [-0.15, -0.1) is 0 Å². The number of allylic oxidation sites excluding steroid dienone is 1. The summed E-state index contributed by atoms with van der Waals surface area (Å²) >= 11 is 0. The average molecular weight is 665 g/mol. The molecule has 0 heterocycles. The Labute approximate surface area is 288 Å². The van der Waals surface area contributed by atoms with Gasteiger partial charge in [0.1, 0.15) is 11.9 Å². The van der Waals surface area contributed by atoms with Crippen LogP contribution in [0.1, 0.15) is 98.0 Å². The van der Waals surface area contributed by atoms with E-state index in [1.807, 2.05) is 12.1 Å². The minimum atomic E-state index is -0.649. The van der Waals surface area contributed by atoms with Crippen molar-refractivity contribution in [1.29, 1.82) is 0 Å². The molecule has 6 rings (SSSR count). The molecule has 6 nitrogen and oxygen atoms in total. The van der Waals surface area contributed by atoms with E-state index in [1.54, 1.807) is 0 Å². The number of fused-ring (bicyclic) bond motifs is 7. The highest BCUT2D eigenvalue weighted by Gasteiger charge is 2.65. The molecule has 7 heteroatoms. The fourth-order valence-corrected chi connectivity index (χ4v) is 12.5. The fraction of sp³-hybridized carbons (Fsp3) is 0.756. The Hall–Kier alpha value is -2.09. The van der Waals surface area contributed by atoms with Gasteiger partial charge < -0.3 is 14.7 Å². The van der Waals surface area contributed by atoms with Gasteiger partial charge in [0.25, 0.3) is 6.47 Å². The highest BCUT2D eigenvalue weighted by atomic mass is 19.1. The number of carbonyl (C=O) groups is 2. The van der Waals surface area contributed by atoms with Crippen LogP contribution in [0.4, 0.5) is 4.39 Å². The number of aliphatic hydroxyl groups is 1. The molecule has 4 fully saturated rings. The van der Waals surface area contributed by atoms with Gasteiger partial charge in [0.05, 0.1) is 6.10 Å². The molecule has 0 amide bonds. The Kier molecular flexibility index (Phi) is 10.1. The van der Waals surface area contributed by atoms with Gasteiger partial charge in [-0.1, -0.05) is 52.3 Å². The Bertz CT molecular complexity index is 1380. The Balaban J connectivity index is 1.30. The first-order valence-corrected chi connectivity index (χ1v) is 18.9. The zero-order chi connectivity index (χ0) is 34.6. The molecular weight excluding hydrogens is 603 g/mol. The highest BCUT2D eigenvalue weighted by molar-refractivity contribution is 6.00. The number of benzene rings is 1. The van der Waals surface area contributed by atoms with Crippen LogP contribution in [0.5, 0.6) is 0 Å². The Morgan fingerprint density at radius 2 is 1.65 bits per heavy atom. The number of nitrogens with zero attached hydrogens (tertiary/aromatic N) is 2. The second kappa shape index (κ2) is 13.6. The molecule has 1 aromatic carbocycles. The van der Waals surface area contributed by atoms with Crippen LogP contribution in [0.15, 0.2) is 35.4 Å². The van der Waals surface area contributed by atoms with Crippen molar-refractivity contribution in [3.8, 4) is 0 Å². The first-order chi connectivity index (χ1) is 22.7. The molecule has 5 aliphatic carbocycles. The molecule has 0 saturated heterocycles. The van der Waals surface area contributed by atoms with E-state index in [2.05, 4.69) is 58.5 Å². The molecule has 0 bridgehead atoms. The molecule has 0 radical (unpaired) electrons. The van der Waals surface area contributed by atoms with Crippen molar-refractivity contribution < 1.29 is 23.8 Å². The first kappa shape index (κ1) is 35.7. The molecule has 266 valence electrons. The molecule has 48 heavy (non-hydrogen) atoms. The van der Waals surface area contributed by atoms with Crippen LogP contribution in [0.2, 0.25) is 0 Å². The highest BCUT2D eigenvalue weighted by Crippen LogP contribution is 2.72. The summed E-state index contributed by atoms with van der Waals surface area (Å²) in [5.41, 5.74) is 3.27. The van der Waals surface area contributed by atoms with E-state index in [-0.39, 0.29) is 34.5 Å². The lowest BCUT2D eigenvalue weighted by Crippen LogP contribution is -2.61. The van der Waals surface area contributed by atoms with Crippen molar-refractivity contribution in [3.63, 3.8) is 0 Å². The molecule has 1 N–H and O–H groups in total. The molecular formula is C41H61FN2O4. The van der Waals surface area contributed by atoms with Crippen LogP contribution in [0.25, 0.3) is 0 Å². The molecule has 10 unspecified atom stereocenters. The number of Topliss-reactive ketones (excluding diaryl/α,β-unsaturated/α-hetero) is 1. The van der Waals surface area contributed by atoms with Crippen LogP contribution in [0.3, 0.4) is 0 Å². The lowest BCUT2D eigenvalue weighted by molar-refractivity contribution is -0.187. The second-order valence-corrected chi connectivity index (χ2v) is 17.6. The first-order valence-electron chi connectivity index (χ1n) is 18.9. The van der Waals surface area contributed by atoms with E-state index in [9.17, 15) is 19.1 Å². The lowest BCUT2D eigenvalue weighted by atomic mass is 9.38. The quantitative estimate of drug-likeness (QED) is 0.251. The van der Waals surface area contributed by atoms with E-state index >= 15 is 0 Å². The van der Waals surface area contributed by atoms with Crippen LogP contribution in [-0.4, -0.2) is 73.1 Å². The Morgan fingerprint density at radius 3 is 2.31 bits per heavy atom. The molecule has 10 atom stereocenters. The summed E-state index contributed by atoms with van der Waals surface area (Å²) in [6, 6.07) is 6.70. The summed E-state index contributed by atoms with van der Waals surface area (Å²) in [5, 5.41) is 12.5. The van der Waals surface area contributed by atoms with Crippen molar-refractivity contribution in [3.05, 3.63) is 46.8 Å². The van der Waals surface area contributed by atoms with E-state index in [4.69, 9.17) is 4.74 Å². The van der Waals surface area contributed by atoms with Crippen LogP contribution < -0.4 is 0 Å². The molecule has 4 saturated carbocycles. The van der Waals surface area contributed by atoms with E-state index < -0.39 is 11.5 Å². The molecule has 0 spiro atoms. The molecule has 5 aliphatic rings. The summed E-state index contributed by atoms with van der Waals surface area (Å²) in [4.78, 5) is 29.8.